The second-order valence-electron chi connectivity index (χ2n) is 5.11. The average molecular weight is 312 g/mol. The molecule has 1 unspecified atom stereocenters. The van der Waals surface area contributed by atoms with Gasteiger partial charge in [0.05, 0.1) is 10.6 Å². The summed E-state index contributed by atoms with van der Waals surface area (Å²) >= 11 is 11.4. The van der Waals surface area contributed by atoms with Crippen molar-refractivity contribution < 1.29 is 0 Å². The van der Waals surface area contributed by atoms with Crippen LogP contribution in [0.4, 0.5) is 5.69 Å². The van der Waals surface area contributed by atoms with Gasteiger partial charge in [0.25, 0.3) is 0 Å². The number of anilines is 1. The van der Waals surface area contributed by atoms with Crippen molar-refractivity contribution in [2.45, 2.75) is 26.3 Å². The van der Waals surface area contributed by atoms with Gasteiger partial charge in [-0.15, -0.1) is 0 Å². The molecule has 1 atom stereocenters. The number of rotatable bonds is 5. The molecule has 1 fully saturated rings. The van der Waals surface area contributed by atoms with Crippen molar-refractivity contribution >= 4 is 34.5 Å². The SMILES string of the molecule is CCN(CC)C1CCN(c2cccc(Cl)c2C(N)=S)C1. The lowest BCUT2D eigenvalue weighted by molar-refractivity contribution is 0.232. The molecule has 5 heteroatoms. The second-order valence-corrected chi connectivity index (χ2v) is 5.95. The minimum atomic E-state index is 0.372. The molecule has 1 aromatic rings. The summed E-state index contributed by atoms with van der Waals surface area (Å²) in [6.07, 6.45) is 1.17. The molecule has 1 aromatic carbocycles. The maximum absolute atomic E-state index is 6.25. The Labute approximate surface area is 131 Å². The molecule has 20 heavy (non-hydrogen) atoms. The Balaban J connectivity index is 2.22. The van der Waals surface area contributed by atoms with Crippen LogP contribution in [0.1, 0.15) is 25.8 Å². The Hall–Kier alpha value is -0.840. The highest BCUT2D eigenvalue weighted by Gasteiger charge is 2.28. The lowest BCUT2D eigenvalue weighted by Gasteiger charge is -2.27. The zero-order valence-corrected chi connectivity index (χ0v) is 13.7. The van der Waals surface area contributed by atoms with Crippen LogP contribution in [0, 0.1) is 0 Å². The summed E-state index contributed by atoms with van der Waals surface area (Å²) in [7, 11) is 0. The molecule has 0 aliphatic carbocycles. The zero-order valence-electron chi connectivity index (χ0n) is 12.1. The van der Waals surface area contributed by atoms with Crippen LogP contribution >= 0.6 is 23.8 Å². The van der Waals surface area contributed by atoms with Crippen molar-refractivity contribution in [3.05, 3.63) is 28.8 Å². The molecule has 1 aliphatic heterocycles. The molecule has 1 aliphatic rings. The third-order valence-corrected chi connectivity index (χ3v) is 4.59. The van der Waals surface area contributed by atoms with E-state index in [1.54, 1.807) is 0 Å². The summed E-state index contributed by atoms with van der Waals surface area (Å²) < 4.78 is 0. The molecule has 0 radical (unpaired) electrons. The van der Waals surface area contributed by atoms with Gasteiger partial charge in [-0.05, 0) is 31.6 Å². The fraction of sp³-hybridized carbons (Fsp3) is 0.533. The normalized spacial score (nSPS) is 18.8. The van der Waals surface area contributed by atoms with Gasteiger partial charge < -0.3 is 10.6 Å². The molecule has 110 valence electrons. The van der Waals surface area contributed by atoms with Gasteiger partial charge >= 0.3 is 0 Å². The van der Waals surface area contributed by atoms with E-state index in [9.17, 15) is 0 Å². The lowest BCUT2D eigenvalue weighted by atomic mass is 10.1. The second kappa shape index (κ2) is 6.74. The van der Waals surface area contributed by atoms with Crippen LogP contribution in [0.15, 0.2) is 18.2 Å². The fourth-order valence-corrected chi connectivity index (χ4v) is 3.56. The van der Waals surface area contributed by atoms with Crippen molar-refractivity contribution in [2.75, 3.05) is 31.1 Å². The molecule has 1 saturated heterocycles. The first-order chi connectivity index (χ1) is 9.58. The molecule has 0 amide bonds. The Kier molecular flexibility index (Phi) is 5.24. The van der Waals surface area contributed by atoms with Gasteiger partial charge in [-0.1, -0.05) is 43.7 Å². The Morgan fingerprint density at radius 2 is 2.15 bits per heavy atom. The molecule has 0 saturated carbocycles. The van der Waals surface area contributed by atoms with Crippen molar-refractivity contribution in [3.63, 3.8) is 0 Å². The van der Waals surface area contributed by atoms with Crippen LogP contribution in [-0.2, 0) is 0 Å². The molecular formula is C15H22ClN3S. The van der Waals surface area contributed by atoms with E-state index in [0.717, 1.165) is 37.4 Å². The molecular weight excluding hydrogens is 290 g/mol. The Morgan fingerprint density at radius 1 is 1.45 bits per heavy atom. The number of hydrogen-bond acceptors (Lipinski definition) is 3. The highest BCUT2D eigenvalue weighted by atomic mass is 35.5. The monoisotopic (exact) mass is 311 g/mol. The summed E-state index contributed by atoms with van der Waals surface area (Å²) in [6, 6.07) is 6.47. The third kappa shape index (κ3) is 3.08. The number of nitrogens with zero attached hydrogens (tertiary/aromatic N) is 2. The van der Waals surface area contributed by atoms with Gasteiger partial charge in [0.2, 0.25) is 0 Å². The maximum Gasteiger partial charge on any atom is 0.107 e. The van der Waals surface area contributed by atoms with Crippen LogP contribution in [0.5, 0.6) is 0 Å². The lowest BCUT2D eigenvalue weighted by Crippen LogP contribution is -2.37. The van der Waals surface area contributed by atoms with Gasteiger partial charge in [0.15, 0.2) is 0 Å². The van der Waals surface area contributed by atoms with E-state index in [0.29, 0.717) is 16.1 Å². The first kappa shape index (κ1) is 15.5. The molecule has 1 heterocycles. The first-order valence-electron chi connectivity index (χ1n) is 7.15. The minimum absolute atomic E-state index is 0.372. The van der Waals surface area contributed by atoms with E-state index in [1.807, 2.05) is 12.1 Å². The third-order valence-electron chi connectivity index (χ3n) is 4.07. The Bertz CT molecular complexity index is 488. The predicted octanol–water partition coefficient (Wildman–Crippen LogP) is 2.89. The van der Waals surface area contributed by atoms with Crippen molar-refractivity contribution in [1.82, 2.24) is 4.90 Å². The number of hydrogen-bond donors (Lipinski definition) is 1. The molecule has 0 spiro atoms. The number of likely N-dealkylation sites (N-methyl/N-ethyl adjacent to an activating group) is 1. The molecule has 0 bridgehead atoms. The van der Waals surface area contributed by atoms with Crippen LogP contribution in [0.2, 0.25) is 5.02 Å². The predicted molar refractivity (Wildman–Crippen MR) is 90.9 cm³/mol. The zero-order chi connectivity index (χ0) is 14.7. The highest BCUT2D eigenvalue weighted by molar-refractivity contribution is 7.80. The summed E-state index contributed by atoms with van der Waals surface area (Å²) in [5.41, 5.74) is 7.72. The molecule has 2 rings (SSSR count). The van der Waals surface area contributed by atoms with Crippen molar-refractivity contribution in [1.29, 1.82) is 0 Å². The summed E-state index contributed by atoms with van der Waals surface area (Å²) in [4.78, 5) is 5.23. The van der Waals surface area contributed by atoms with Gasteiger partial charge in [0, 0.05) is 24.8 Å². The van der Waals surface area contributed by atoms with E-state index in [1.165, 1.54) is 6.42 Å². The van der Waals surface area contributed by atoms with Gasteiger partial charge in [0.1, 0.15) is 4.99 Å². The summed E-state index contributed by atoms with van der Waals surface area (Å²) in [5, 5.41) is 0.640. The van der Waals surface area contributed by atoms with E-state index in [4.69, 9.17) is 29.6 Å². The smallest absolute Gasteiger partial charge is 0.107 e. The Morgan fingerprint density at radius 3 is 2.75 bits per heavy atom. The minimum Gasteiger partial charge on any atom is -0.389 e. The van der Waals surface area contributed by atoms with Crippen molar-refractivity contribution in [2.24, 2.45) is 5.73 Å². The molecule has 0 aromatic heterocycles. The largest absolute Gasteiger partial charge is 0.389 e. The van der Waals surface area contributed by atoms with Gasteiger partial charge in [-0.3, -0.25) is 4.90 Å². The first-order valence-corrected chi connectivity index (χ1v) is 7.94. The van der Waals surface area contributed by atoms with E-state index < -0.39 is 0 Å². The van der Waals surface area contributed by atoms with E-state index in [-0.39, 0.29) is 0 Å². The maximum atomic E-state index is 6.25. The molecule has 3 nitrogen and oxygen atoms in total. The fourth-order valence-electron chi connectivity index (χ4n) is 3.02. The van der Waals surface area contributed by atoms with Gasteiger partial charge in [-0.2, -0.15) is 0 Å². The standard InChI is InChI=1S/C15H22ClN3S/c1-3-18(4-2)11-8-9-19(10-11)13-7-5-6-12(16)14(13)15(17)20/h5-7,11H,3-4,8-10H2,1-2H3,(H2,17,20). The average Bonchev–Trinajstić information content (AvgIpc) is 2.89. The number of nitrogens with two attached hydrogens (primary N) is 1. The topological polar surface area (TPSA) is 32.5 Å². The van der Waals surface area contributed by atoms with Crippen molar-refractivity contribution in [3.8, 4) is 0 Å². The van der Waals surface area contributed by atoms with E-state index >= 15 is 0 Å². The number of halogens is 1. The van der Waals surface area contributed by atoms with Crippen LogP contribution in [0.25, 0.3) is 0 Å². The number of benzene rings is 1. The molecule has 2 N–H and O–H groups in total. The van der Waals surface area contributed by atoms with Crippen LogP contribution < -0.4 is 10.6 Å². The van der Waals surface area contributed by atoms with E-state index in [2.05, 4.69) is 29.7 Å². The van der Waals surface area contributed by atoms with Crippen LogP contribution in [-0.4, -0.2) is 42.1 Å². The quantitative estimate of drug-likeness (QED) is 0.848. The summed E-state index contributed by atoms with van der Waals surface area (Å²) in [5.74, 6) is 0. The van der Waals surface area contributed by atoms with Gasteiger partial charge in [-0.25, -0.2) is 0 Å². The number of thiocarbonyl (C=S) groups is 1. The van der Waals surface area contributed by atoms with Crippen LogP contribution in [0.3, 0.4) is 0 Å². The highest BCUT2D eigenvalue weighted by Crippen LogP contribution is 2.30. The summed E-state index contributed by atoms with van der Waals surface area (Å²) in [6.45, 7) is 8.64.